The summed E-state index contributed by atoms with van der Waals surface area (Å²) in [7, 11) is 1.64. The van der Waals surface area contributed by atoms with Crippen molar-refractivity contribution in [1.82, 2.24) is 10.6 Å². The first kappa shape index (κ1) is 16.3. The predicted octanol–water partition coefficient (Wildman–Crippen LogP) is 2.75. The number of rotatable bonds is 7. The average Bonchev–Trinajstić information content (AvgIpc) is 2.55. The van der Waals surface area contributed by atoms with E-state index >= 15 is 0 Å². The van der Waals surface area contributed by atoms with Gasteiger partial charge in [0.05, 0.1) is 13.7 Å². The lowest BCUT2D eigenvalue weighted by Crippen LogP contribution is -2.33. The molecule has 0 radical (unpaired) electrons. The molecule has 0 aliphatic rings. The Hall–Kier alpha value is -2.04. The Labute approximate surface area is 135 Å². The summed E-state index contributed by atoms with van der Waals surface area (Å²) in [6.45, 7) is 1.32. The molecule has 0 heterocycles. The lowest BCUT2D eigenvalue weighted by atomic mass is 10.2. The third kappa shape index (κ3) is 5.06. The summed E-state index contributed by atoms with van der Waals surface area (Å²) in [6.07, 6.45) is 0. The van der Waals surface area contributed by atoms with Crippen LogP contribution >= 0.6 is 11.6 Å². The highest BCUT2D eigenvalue weighted by Crippen LogP contribution is 2.14. The van der Waals surface area contributed by atoms with E-state index in [0.717, 1.165) is 16.9 Å². The second-order valence-corrected chi connectivity index (χ2v) is 5.23. The van der Waals surface area contributed by atoms with Crippen LogP contribution in [0.5, 0.6) is 5.75 Å². The molecule has 0 bridgehead atoms. The number of amides is 1. The maximum Gasteiger partial charge on any atom is 0.234 e. The van der Waals surface area contributed by atoms with Gasteiger partial charge in [-0.1, -0.05) is 41.9 Å². The van der Waals surface area contributed by atoms with E-state index in [1.807, 2.05) is 48.5 Å². The molecule has 0 atom stereocenters. The van der Waals surface area contributed by atoms with Gasteiger partial charge >= 0.3 is 0 Å². The fraction of sp³-hybridized carbons (Fsp3) is 0.235. The van der Waals surface area contributed by atoms with Crippen molar-refractivity contribution in [2.75, 3.05) is 13.7 Å². The highest BCUT2D eigenvalue weighted by Gasteiger charge is 2.03. The van der Waals surface area contributed by atoms with Crippen molar-refractivity contribution in [3.8, 4) is 5.75 Å². The molecule has 0 fully saturated rings. The van der Waals surface area contributed by atoms with E-state index in [1.54, 1.807) is 7.11 Å². The van der Waals surface area contributed by atoms with Crippen molar-refractivity contribution in [1.29, 1.82) is 0 Å². The van der Waals surface area contributed by atoms with Gasteiger partial charge in [-0.05, 0) is 29.3 Å². The molecule has 0 unspecified atom stereocenters. The molecule has 0 aliphatic carbocycles. The maximum atomic E-state index is 11.8. The van der Waals surface area contributed by atoms with Crippen LogP contribution in [0.25, 0.3) is 0 Å². The molecule has 0 aromatic heterocycles. The summed E-state index contributed by atoms with van der Waals surface area (Å²) in [6, 6.07) is 15.2. The predicted molar refractivity (Wildman–Crippen MR) is 88.0 cm³/mol. The maximum absolute atomic E-state index is 11.8. The number of hydrogen-bond acceptors (Lipinski definition) is 3. The van der Waals surface area contributed by atoms with E-state index in [-0.39, 0.29) is 12.5 Å². The highest BCUT2D eigenvalue weighted by atomic mass is 35.5. The van der Waals surface area contributed by atoms with E-state index in [4.69, 9.17) is 16.3 Å². The standard InChI is InChI=1S/C17H19ClN2O2/c1-22-15-8-6-13(7-9-15)10-19-12-17(21)20-11-14-4-2-3-5-16(14)18/h2-9,19H,10-12H2,1H3,(H,20,21). The number of nitrogens with one attached hydrogen (secondary N) is 2. The van der Waals surface area contributed by atoms with Gasteiger partial charge in [0.25, 0.3) is 0 Å². The summed E-state index contributed by atoms with van der Waals surface area (Å²) < 4.78 is 5.10. The van der Waals surface area contributed by atoms with E-state index < -0.39 is 0 Å². The zero-order valence-electron chi connectivity index (χ0n) is 12.4. The monoisotopic (exact) mass is 318 g/mol. The molecule has 1 amide bonds. The minimum absolute atomic E-state index is 0.0616. The number of carbonyl (C=O) groups excluding carboxylic acids is 1. The Kier molecular flexibility index (Phi) is 6.25. The largest absolute Gasteiger partial charge is 0.497 e. The van der Waals surface area contributed by atoms with Crippen molar-refractivity contribution < 1.29 is 9.53 Å². The zero-order valence-corrected chi connectivity index (χ0v) is 13.2. The van der Waals surface area contributed by atoms with Gasteiger partial charge in [-0.2, -0.15) is 0 Å². The number of methoxy groups -OCH3 is 1. The van der Waals surface area contributed by atoms with Crippen LogP contribution in [0.15, 0.2) is 48.5 Å². The first-order chi connectivity index (χ1) is 10.7. The summed E-state index contributed by atoms with van der Waals surface area (Å²) in [5.74, 6) is 0.759. The Morgan fingerprint density at radius 2 is 1.82 bits per heavy atom. The Morgan fingerprint density at radius 1 is 1.09 bits per heavy atom. The van der Waals surface area contributed by atoms with Gasteiger partial charge in [0.1, 0.15) is 5.75 Å². The average molecular weight is 319 g/mol. The SMILES string of the molecule is COc1ccc(CNCC(=O)NCc2ccccc2Cl)cc1. The molecule has 0 saturated carbocycles. The van der Waals surface area contributed by atoms with Gasteiger partial charge in [0.2, 0.25) is 5.91 Å². The molecule has 5 heteroatoms. The van der Waals surface area contributed by atoms with E-state index in [2.05, 4.69) is 10.6 Å². The van der Waals surface area contributed by atoms with Crippen LogP contribution in [0.3, 0.4) is 0 Å². The lowest BCUT2D eigenvalue weighted by Gasteiger charge is -2.08. The van der Waals surface area contributed by atoms with Gasteiger partial charge in [0.15, 0.2) is 0 Å². The van der Waals surface area contributed by atoms with Crippen molar-refractivity contribution in [3.63, 3.8) is 0 Å². The lowest BCUT2D eigenvalue weighted by molar-refractivity contribution is -0.120. The fourth-order valence-electron chi connectivity index (χ4n) is 1.96. The fourth-order valence-corrected chi connectivity index (χ4v) is 2.16. The molecule has 4 nitrogen and oxygen atoms in total. The first-order valence-electron chi connectivity index (χ1n) is 7.03. The normalized spacial score (nSPS) is 10.3. The Bertz CT molecular complexity index is 614. The first-order valence-corrected chi connectivity index (χ1v) is 7.40. The minimum atomic E-state index is -0.0616. The highest BCUT2D eigenvalue weighted by molar-refractivity contribution is 6.31. The van der Waals surface area contributed by atoms with Gasteiger partial charge in [-0.25, -0.2) is 0 Å². The molecular formula is C17H19ClN2O2. The van der Waals surface area contributed by atoms with Crippen molar-refractivity contribution >= 4 is 17.5 Å². The summed E-state index contributed by atoms with van der Waals surface area (Å²) in [5.41, 5.74) is 2.01. The van der Waals surface area contributed by atoms with Crippen LogP contribution < -0.4 is 15.4 Å². The molecule has 2 aromatic rings. The quantitative estimate of drug-likeness (QED) is 0.825. The van der Waals surface area contributed by atoms with Crippen molar-refractivity contribution in [2.45, 2.75) is 13.1 Å². The van der Waals surface area contributed by atoms with Crippen LogP contribution in [0.1, 0.15) is 11.1 Å². The van der Waals surface area contributed by atoms with E-state index in [1.165, 1.54) is 0 Å². The second-order valence-electron chi connectivity index (χ2n) is 4.82. The third-order valence-electron chi connectivity index (χ3n) is 3.21. The number of ether oxygens (including phenoxy) is 1. The van der Waals surface area contributed by atoms with Gasteiger partial charge < -0.3 is 15.4 Å². The van der Waals surface area contributed by atoms with Crippen molar-refractivity contribution in [3.05, 3.63) is 64.7 Å². The summed E-state index contributed by atoms with van der Waals surface area (Å²) >= 11 is 6.04. The van der Waals surface area contributed by atoms with Crippen molar-refractivity contribution in [2.24, 2.45) is 0 Å². The van der Waals surface area contributed by atoms with Crippen LogP contribution in [-0.2, 0) is 17.9 Å². The molecule has 0 spiro atoms. The molecule has 22 heavy (non-hydrogen) atoms. The number of carbonyl (C=O) groups is 1. The van der Waals surface area contributed by atoms with Crippen LogP contribution in [0, 0.1) is 0 Å². The minimum Gasteiger partial charge on any atom is -0.497 e. The van der Waals surface area contributed by atoms with Crippen LogP contribution in [0.4, 0.5) is 0 Å². The number of hydrogen-bond donors (Lipinski definition) is 2. The Balaban J connectivity index is 1.70. The molecule has 2 aromatic carbocycles. The molecule has 2 N–H and O–H groups in total. The number of halogens is 1. The molecule has 0 aliphatic heterocycles. The zero-order chi connectivity index (χ0) is 15.8. The summed E-state index contributed by atoms with van der Waals surface area (Å²) in [5, 5.41) is 6.60. The van der Waals surface area contributed by atoms with Crippen LogP contribution in [0.2, 0.25) is 5.02 Å². The molecule has 0 saturated heterocycles. The molecule has 116 valence electrons. The van der Waals surface area contributed by atoms with E-state index in [0.29, 0.717) is 18.1 Å². The second kappa shape index (κ2) is 8.41. The topological polar surface area (TPSA) is 50.4 Å². The molecule has 2 rings (SSSR count). The van der Waals surface area contributed by atoms with Gasteiger partial charge in [-0.15, -0.1) is 0 Å². The molecular weight excluding hydrogens is 300 g/mol. The Morgan fingerprint density at radius 3 is 2.50 bits per heavy atom. The summed E-state index contributed by atoms with van der Waals surface area (Å²) in [4.78, 5) is 11.8. The van der Waals surface area contributed by atoms with E-state index in [9.17, 15) is 4.79 Å². The smallest absolute Gasteiger partial charge is 0.234 e. The number of benzene rings is 2. The van der Waals surface area contributed by atoms with Gasteiger partial charge in [0, 0.05) is 18.1 Å². The third-order valence-corrected chi connectivity index (χ3v) is 3.58. The van der Waals surface area contributed by atoms with Crippen LogP contribution in [-0.4, -0.2) is 19.6 Å². The van der Waals surface area contributed by atoms with Gasteiger partial charge in [-0.3, -0.25) is 4.79 Å².